The molecule has 82 valence electrons. The van der Waals surface area contributed by atoms with Crippen LogP contribution in [0.1, 0.15) is 15.9 Å². The van der Waals surface area contributed by atoms with E-state index in [2.05, 4.69) is 0 Å². The van der Waals surface area contributed by atoms with E-state index in [0.717, 1.165) is 5.56 Å². The number of aromatic carboxylic acids is 1. The van der Waals surface area contributed by atoms with Crippen LogP contribution < -0.4 is 0 Å². The number of phenolic OH excluding ortho intramolecular Hbond substituents is 1. The van der Waals surface area contributed by atoms with Crippen molar-refractivity contribution in [2.45, 2.75) is 6.92 Å². The summed E-state index contributed by atoms with van der Waals surface area (Å²) in [5.74, 6) is -2.27. The van der Waals surface area contributed by atoms with Crippen LogP contribution in [0, 0.1) is 6.92 Å². The molecule has 0 fully saturated rings. The molecule has 0 saturated carbocycles. The predicted molar refractivity (Wildman–Crippen MR) is 59.0 cm³/mol. The molecule has 0 saturated heterocycles. The van der Waals surface area contributed by atoms with Gasteiger partial charge in [-0.05, 0) is 18.4 Å². The highest BCUT2D eigenvalue weighted by Crippen LogP contribution is 2.36. The fourth-order valence-corrected chi connectivity index (χ4v) is 1.70. The van der Waals surface area contributed by atoms with E-state index in [0.29, 0.717) is 10.8 Å². The van der Waals surface area contributed by atoms with Crippen LogP contribution in [-0.2, 0) is 0 Å². The van der Waals surface area contributed by atoms with Crippen LogP contribution in [0.2, 0.25) is 0 Å². The lowest BCUT2D eigenvalue weighted by molar-refractivity contribution is 0.0695. The molecule has 0 bridgehead atoms. The molecule has 0 aromatic heterocycles. The number of hydrogen-bond acceptors (Lipinski definition) is 3. The second-order valence-corrected chi connectivity index (χ2v) is 3.65. The van der Waals surface area contributed by atoms with Gasteiger partial charge in [-0.2, -0.15) is 0 Å². The molecule has 0 heterocycles. The van der Waals surface area contributed by atoms with E-state index in [1.54, 1.807) is 12.1 Å². The van der Waals surface area contributed by atoms with Crippen molar-refractivity contribution in [3.05, 3.63) is 35.4 Å². The highest BCUT2D eigenvalue weighted by molar-refractivity contribution is 6.07. The lowest BCUT2D eigenvalue weighted by Crippen LogP contribution is -1.98. The molecule has 0 aliphatic rings. The van der Waals surface area contributed by atoms with Gasteiger partial charge >= 0.3 is 5.97 Å². The Labute approximate surface area is 91.4 Å². The zero-order valence-corrected chi connectivity index (χ0v) is 8.56. The second kappa shape index (κ2) is 3.41. The second-order valence-electron chi connectivity index (χ2n) is 3.65. The van der Waals surface area contributed by atoms with Crippen molar-refractivity contribution in [2.75, 3.05) is 0 Å². The van der Waals surface area contributed by atoms with Crippen molar-refractivity contribution in [3.8, 4) is 11.5 Å². The van der Waals surface area contributed by atoms with E-state index in [4.69, 9.17) is 5.11 Å². The van der Waals surface area contributed by atoms with Crippen LogP contribution in [0.15, 0.2) is 24.3 Å². The minimum atomic E-state index is -1.26. The van der Waals surface area contributed by atoms with Crippen LogP contribution in [-0.4, -0.2) is 21.3 Å². The Morgan fingerprint density at radius 1 is 1.19 bits per heavy atom. The smallest absolute Gasteiger partial charge is 0.340 e. The van der Waals surface area contributed by atoms with E-state index < -0.39 is 17.5 Å². The fraction of sp³-hybridized carbons (Fsp3) is 0.0833. The topological polar surface area (TPSA) is 77.8 Å². The molecule has 4 nitrogen and oxygen atoms in total. The third-order valence-electron chi connectivity index (χ3n) is 2.46. The van der Waals surface area contributed by atoms with Crippen molar-refractivity contribution < 1.29 is 20.1 Å². The van der Waals surface area contributed by atoms with Crippen molar-refractivity contribution in [2.24, 2.45) is 0 Å². The molecule has 2 rings (SSSR count). The van der Waals surface area contributed by atoms with Gasteiger partial charge in [-0.25, -0.2) is 4.79 Å². The predicted octanol–water partition coefficient (Wildman–Crippen LogP) is 2.26. The van der Waals surface area contributed by atoms with E-state index in [1.807, 2.05) is 13.0 Å². The van der Waals surface area contributed by atoms with E-state index in [-0.39, 0.29) is 5.56 Å². The lowest BCUT2D eigenvalue weighted by Gasteiger charge is -2.07. The van der Waals surface area contributed by atoms with Gasteiger partial charge in [0.2, 0.25) is 0 Å². The van der Waals surface area contributed by atoms with Crippen molar-refractivity contribution in [3.63, 3.8) is 0 Å². The lowest BCUT2D eigenvalue weighted by atomic mass is 10.0. The molecule has 16 heavy (non-hydrogen) atoms. The molecule has 0 aliphatic carbocycles. The third kappa shape index (κ3) is 1.44. The number of hydrogen-bond donors (Lipinski definition) is 3. The van der Waals surface area contributed by atoms with E-state index >= 15 is 0 Å². The first-order chi connectivity index (χ1) is 7.50. The van der Waals surface area contributed by atoms with Crippen molar-refractivity contribution in [1.29, 1.82) is 0 Å². The maximum Gasteiger partial charge on any atom is 0.340 e. The number of aromatic hydroxyl groups is 2. The van der Waals surface area contributed by atoms with Gasteiger partial charge in [-0.15, -0.1) is 0 Å². The average molecular weight is 218 g/mol. The molecule has 2 aromatic carbocycles. The standard InChI is InChI=1S/C12H10O4/c1-6-2-3-7-5-9(13)11(14)10(12(15)16)8(7)4-6/h2-5,13-14H,1H3,(H,15,16). The number of carboxylic acid groups (broad SMARTS) is 1. The van der Waals surface area contributed by atoms with Crippen LogP contribution in [0.25, 0.3) is 10.8 Å². The van der Waals surface area contributed by atoms with Crippen LogP contribution >= 0.6 is 0 Å². The van der Waals surface area contributed by atoms with Gasteiger partial charge in [0.15, 0.2) is 11.5 Å². The summed E-state index contributed by atoms with van der Waals surface area (Å²) in [6, 6.07) is 6.52. The molecule has 0 atom stereocenters. The first-order valence-electron chi connectivity index (χ1n) is 4.69. The first kappa shape index (κ1) is 10.3. The maximum atomic E-state index is 11.0. The molecule has 4 heteroatoms. The Balaban J connectivity index is 2.96. The SMILES string of the molecule is Cc1ccc2cc(O)c(O)c(C(=O)O)c2c1. The normalized spacial score (nSPS) is 10.6. The highest BCUT2D eigenvalue weighted by atomic mass is 16.4. The summed E-state index contributed by atoms with van der Waals surface area (Å²) >= 11 is 0. The first-order valence-corrected chi connectivity index (χ1v) is 4.69. The summed E-state index contributed by atoms with van der Waals surface area (Å²) in [7, 11) is 0. The summed E-state index contributed by atoms with van der Waals surface area (Å²) in [5.41, 5.74) is 0.624. The Bertz CT molecular complexity index is 587. The third-order valence-corrected chi connectivity index (χ3v) is 2.46. The molecule has 0 spiro atoms. The zero-order valence-electron chi connectivity index (χ0n) is 8.56. The molecule has 0 radical (unpaired) electrons. The molecule has 0 amide bonds. The summed E-state index contributed by atoms with van der Waals surface area (Å²) < 4.78 is 0. The largest absolute Gasteiger partial charge is 0.504 e. The molecule has 2 aromatic rings. The number of benzene rings is 2. The highest BCUT2D eigenvalue weighted by Gasteiger charge is 2.17. The van der Waals surface area contributed by atoms with E-state index in [9.17, 15) is 15.0 Å². The zero-order chi connectivity index (χ0) is 11.9. The number of fused-ring (bicyclic) bond motifs is 1. The Morgan fingerprint density at radius 2 is 1.88 bits per heavy atom. The van der Waals surface area contributed by atoms with Crippen LogP contribution in [0.4, 0.5) is 0 Å². The Kier molecular flexibility index (Phi) is 2.20. The Morgan fingerprint density at radius 3 is 2.50 bits per heavy atom. The fourth-order valence-electron chi connectivity index (χ4n) is 1.70. The van der Waals surface area contributed by atoms with Crippen LogP contribution in [0.3, 0.4) is 0 Å². The number of aryl methyl sites for hydroxylation is 1. The number of phenols is 2. The van der Waals surface area contributed by atoms with Gasteiger partial charge in [0.05, 0.1) is 0 Å². The molecule has 0 aliphatic heterocycles. The van der Waals surface area contributed by atoms with Crippen LogP contribution in [0.5, 0.6) is 11.5 Å². The summed E-state index contributed by atoms with van der Waals surface area (Å²) in [4.78, 5) is 11.0. The number of rotatable bonds is 1. The number of carboxylic acids is 1. The van der Waals surface area contributed by atoms with Crippen molar-refractivity contribution >= 4 is 16.7 Å². The monoisotopic (exact) mass is 218 g/mol. The quantitative estimate of drug-likeness (QED) is 0.641. The van der Waals surface area contributed by atoms with Gasteiger partial charge in [0, 0.05) is 5.39 Å². The maximum absolute atomic E-state index is 11.0. The minimum Gasteiger partial charge on any atom is -0.504 e. The van der Waals surface area contributed by atoms with Gasteiger partial charge in [-0.1, -0.05) is 23.8 Å². The summed E-state index contributed by atoms with van der Waals surface area (Å²) in [5, 5.41) is 28.9. The van der Waals surface area contributed by atoms with Gasteiger partial charge in [0.1, 0.15) is 5.56 Å². The minimum absolute atomic E-state index is 0.265. The summed E-state index contributed by atoms with van der Waals surface area (Å²) in [6.45, 7) is 1.83. The summed E-state index contributed by atoms with van der Waals surface area (Å²) in [6.07, 6.45) is 0. The number of carbonyl (C=O) groups is 1. The van der Waals surface area contributed by atoms with Gasteiger partial charge in [-0.3, -0.25) is 0 Å². The average Bonchev–Trinajstić information content (AvgIpc) is 2.20. The molecule has 3 N–H and O–H groups in total. The van der Waals surface area contributed by atoms with Gasteiger partial charge < -0.3 is 15.3 Å². The molecular formula is C12H10O4. The van der Waals surface area contributed by atoms with Crippen molar-refractivity contribution in [1.82, 2.24) is 0 Å². The van der Waals surface area contributed by atoms with E-state index in [1.165, 1.54) is 6.07 Å². The molecular weight excluding hydrogens is 208 g/mol. The van der Waals surface area contributed by atoms with Gasteiger partial charge in [0.25, 0.3) is 0 Å². The Hall–Kier alpha value is -2.23. The molecule has 0 unspecified atom stereocenters.